The molecule has 0 unspecified atom stereocenters. The van der Waals surface area contributed by atoms with E-state index in [0.717, 1.165) is 16.3 Å². The third-order valence-corrected chi connectivity index (χ3v) is 5.23. The van der Waals surface area contributed by atoms with Crippen LogP contribution in [-0.4, -0.2) is 28.7 Å². The van der Waals surface area contributed by atoms with E-state index in [0.29, 0.717) is 28.3 Å². The fraction of sp³-hybridized carbons (Fsp3) is 0.0952. The second kappa shape index (κ2) is 7.48. The lowest BCUT2D eigenvalue weighted by atomic mass is 10.0. The van der Waals surface area contributed by atoms with Gasteiger partial charge in [-0.05, 0) is 29.0 Å². The molecule has 0 radical (unpaired) electrons. The highest BCUT2D eigenvalue weighted by Crippen LogP contribution is 2.34. The van der Waals surface area contributed by atoms with Gasteiger partial charge in [-0.15, -0.1) is 10.2 Å². The molecule has 4 aromatic rings. The number of carbonyl (C=O) groups excluding carboxylic acids is 1. The Hall–Kier alpha value is -3.52. The van der Waals surface area contributed by atoms with Crippen LogP contribution in [0, 0.1) is 0 Å². The van der Waals surface area contributed by atoms with E-state index in [1.807, 2.05) is 42.5 Å². The Kier molecular flexibility index (Phi) is 4.53. The largest absolute Gasteiger partial charge is 0.454 e. The normalized spacial score (nSPS) is 12.3. The first-order valence-electron chi connectivity index (χ1n) is 8.90. The molecule has 144 valence electrons. The highest BCUT2D eigenvalue weighted by Gasteiger charge is 2.16. The Morgan fingerprint density at radius 2 is 1.86 bits per heavy atom. The smallest absolute Gasteiger partial charge is 0.277 e. The van der Waals surface area contributed by atoms with Crippen molar-refractivity contribution in [2.75, 3.05) is 17.9 Å². The summed E-state index contributed by atoms with van der Waals surface area (Å²) in [4.78, 5) is 12.2. The molecule has 0 saturated carbocycles. The zero-order valence-corrected chi connectivity index (χ0v) is 15.9. The molecule has 1 aromatic heterocycles. The van der Waals surface area contributed by atoms with Gasteiger partial charge >= 0.3 is 0 Å². The van der Waals surface area contributed by atoms with E-state index in [2.05, 4.69) is 15.5 Å². The summed E-state index contributed by atoms with van der Waals surface area (Å²) in [6, 6.07) is 19.2. The molecule has 0 bridgehead atoms. The number of rotatable bonds is 5. The molecule has 0 spiro atoms. The van der Waals surface area contributed by atoms with Crippen LogP contribution in [-0.2, 0) is 4.79 Å². The zero-order valence-electron chi connectivity index (χ0n) is 15.1. The van der Waals surface area contributed by atoms with E-state index in [4.69, 9.17) is 13.9 Å². The molecule has 1 aliphatic heterocycles. The quantitative estimate of drug-likeness (QED) is 0.494. The lowest BCUT2D eigenvalue weighted by Crippen LogP contribution is -2.13. The standard InChI is InChI=1S/C21H15N3O4S/c25-19(22-14-8-9-17-18(10-14)27-12-26-17)11-29-21-24-23-20(28-21)16-7-3-5-13-4-1-2-6-15(13)16/h1-10H,11-12H2,(H,22,25). The van der Waals surface area contributed by atoms with E-state index in [9.17, 15) is 4.79 Å². The number of thioether (sulfide) groups is 1. The number of aromatic nitrogens is 2. The molecule has 1 amide bonds. The number of amides is 1. The fourth-order valence-corrected chi connectivity index (χ4v) is 3.65. The molecule has 5 rings (SSSR count). The predicted molar refractivity (Wildman–Crippen MR) is 109 cm³/mol. The molecular weight excluding hydrogens is 390 g/mol. The van der Waals surface area contributed by atoms with E-state index in [1.54, 1.807) is 18.2 Å². The van der Waals surface area contributed by atoms with Crippen LogP contribution in [0.4, 0.5) is 5.69 Å². The number of ether oxygens (including phenoxy) is 2. The van der Waals surface area contributed by atoms with Crippen LogP contribution >= 0.6 is 11.8 Å². The van der Waals surface area contributed by atoms with Gasteiger partial charge in [0.2, 0.25) is 18.6 Å². The topological polar surface area (TPSA) is 86.5 Å². The Bertz CT molecular complexity index is 1200. The van der Waals surface area contributed by atoms with Crippen molar-refractivity contribution in [3.05, 3.63) is 60.7 Å². The summed E-state index contributed by atoms with van der Waals surface area (Å²) in [6.45, 7) is 0.193. The van der Waals surface area contributed by atoms with Crippen LogP contribution in [0.5, 0.6) is 11.5 Å². The average Bonchev–Trinajstić information content (AvgIpc) is 3.41. The van der Waals surface area contributed by atoms with Gasteiger partial charge in [0.1, 0.15) is 0 Å². The summed E-state index contributed by atoms with van der Waals surface area (Å²) in [5.41, 5.74) is 1.51. The maximum Gasteiger partial charge on any atom is 0.277 e. The number of benzene rings is 3. The van der Waals surface area contributed by atoms with Crippen molar-refractivity contribution < 1.29 is 18.7 Å². The van der Waals surface area contributed by atoms with Crippen molar-refractivity contribution in [1.29, 1.82) is 0 Å². The summed E-state index contributed by atoms with van der Waals surface area (Å²) in [7, 11) is 0. The fourth-order valence-electron chi connectivity index (χ4n) is 3.09. The van der Waals surface area contributed by atoms with Crippen LogP contribution in [0.1, 0.15) is 0 Å². The maximum absolute atomic E-state index is 12.2. The van der Waals surface area contributed by atoms with Gasteiger partial charge in [0, 0.05) is 17.3 Å². The first-order chi connectivity index (χ1) is 14.3. The van der Waals surface area contributed by atoms with Gasteiger partial charge < -0.3 is 19.2 Å². The number of nitrogens with zero attached hydrogens (tertiary/aromatic N) is 2. The molecule has 2 heterocycles. The SMILES string of the molecule is O=C(CSc1nnc(-c2cccc3ccccc23)o1)Nc1ccc2c(c1)OCO2. The number of nitrogens with one attached hydrogen (secondary N) is 1. The Balaban J connectivity index is 1.25. The lowest BCUT2D eigenvalue weighted by molar-refractivity contribution is -0.113. The summed E-state index contributed by atoms with van der Waals surface area (Å²) in [6.07, 6.45) is 0. The van der Waals surface area contributed by atoms with Gasteiger partial charge in [-0.1, -0.05) is 48.2 Å². The monoisotopic (exact) mass is 405 g/mol. The predicted octanol–water partition coefficient (Wildman–Crippen LogP) is 4.35. The molecule has 1 aliphatic rings. The second-order valence-corrected chi connectivity index (χ2v) is 7.23. The summed E-state index contributed by atoms with van der Waals surface area (Å²) in [5.74, 6) is 1.68. The number of hydrogen-bond acceptors (Lipinski definition) is 7. The van der Waals surface area contributed by atoms with Crippen molar-refractivity contribution >= 4 is 34.1 Å². The minimum Gasteiger partial charge on any atom is -0.454 e. The first-order valence-corrected chi connectivity index (χ1v) is 9.89. The lowest BCUT2D eigenvalue weighted by Gasteiger charge is -2.05. The summed E-state index contributed by atoms with van der Waals surface area (Å²) >= 11 is 1.19. The minimum atomic E-state index is -0.182. The molecule has 8 heteroatoms. The average molecular weight is 405 g/mol. The van der Waals surface area contributed by atoms with Gasteiger partial charge in [-0.25, -0.2) is 0 Å². The number of hydrogen-bond donors (Lipinski definition) is 1. The van der Waals surface area contributed by atoms with Gasteiger partial charge in [0.05, 0.1) is 5.75 Å². The van der Waals surface area contributed by atoms with Gasteiger partial charge in [-0.3, -0.25) is 4.79 Å². The van der Waals surface area contributed by atoms with Crippen molar-refractivity contribution in [1.82, 2.24) is 10.2 Å². The highest BCUT2D eigenvalue weighted by atomic mass is 32.2. The van der Waals surface area contributed by atoms with Crippen LogP contribution in [0.15, 0.2) is 70.3 Å². The molecule has 29 heavy (non-hydrogen) atoms. The van der Waals surface area contributed by atoms with Gasteiger partial charge in [0.15, 0.2) is 11.5 Å². The van der Waals surface area contributed by atoms with Crippen molar-refractivity contribution in [3.63, 3.8) is 0 Å². The van der Waals surface area contributed by atoms with Crippen LogP contribution in [0.3, 0.4) is 0 Å². The second-order valence-electron chi connectivity index (χ2n) is 6.30. The third kappa shape index (κ3) is 3.62. The van der Waals surface area contributed by atoms with Crippen LogP contribution in [0.2, 0.25) is 0 Å². The van der Waals surface area contributed by atoms with E-state index < -0.39 is 0 Å². The first kappa shape index (κ1) is 17.6. The summed E-state index contributed by atoms with van der Waals surface area (Å²) < 4.78 is 16.3. The van der Waals surface area contributed by atoms with Crippen molar-refractivity contribution in [3.8, 4) is 23.0 Å². The Morgan fingerprint density at radius 1 is 1.00 bits per heavy atom. The van der Waals surface area contributed by atoms with Gasteiger partial charge in [0.25, 0.3) is 5.22 Å². The number of carbonyl (C=O) groups is 1. The molecular formula is C21H15N3O4S. The molecule has 0 saturated heterocycles. The van der Waals surface area contributed by atoms with Crippen LogP contribution in [0.25, 0.3) is 22.2 Å². The van der Waals surface area contributed by atoms with E-state index in [1.165, 1.54) is 11.8 Å². The van der Waals surface area contributed by atoms with Crippen molar-refractivity contribution in [2.24, 2.45) is 0 Å². The Morgan fingerprint density at radius 3 is 2.83 bits per heavy atom. The van der Waals surface area contributed by atoms with Gasteiger partial charge in [-0.2, -0.15) is 0 Å². The minimum absolute atomic E-state index is 0.144. The van der Waals surface area contributed by atoms with Crippen molar-refractivity contribution in [2.45, 2.75) is 5.22 Å². The van der Waals surface area contributed by atoms with E-state index >= 15 is 0 Å². The highest BCUT2D eigenvalue weighted by molar-refractivity contribution is 7.99. The zero-order chi connectivity index (χ0) is 19.6. The van der Waals surface area contributed by atoms with Crippen LogP contribution < -0.4 is 14.8 Å². The number of fused-ring (bicyclic) bond motifs is 2. The summed E-state index contributed by atoms with van der Waals surface area (Å²) in [5, 5.41) is 13.5. The molecule has 0 fully saturated rings. The molecule has 0 atom stereocenters. The van der Waals surface area contributed by atoms with E-state index in [-0.39, 0.29) is 18.5 Å². The molecule has 0 aliphatic carbocycles. The third-order valence-electron chi connectivity index (χ3n) is 4.41. The molecule has 1 N–H and O–H groups in total. The number of anilines is 1. The Labute approximate surface area is 170 Å². The molecule has 7 nitrogen and oxygen atoms in total. The maximum atomic E-state index is 12.2. The molecule has 3 aromatic carbocycles.